The summed E-state index contributed by atoms with van der Waals surface area (Å²) in [6.07, 6.45) is 1.67. The number of aromatic nitrogens is 1. The topological polar surface area (TPSA) is 78.9 Å². The van der Waals surface area contributed by atoms with Crippen LogP contribution in [-0.4, -0.2) is 56.0 Å². The lowest BCUT2D eigenvalue weighted by molar-refractivity contribution is -0.127. The van der Waals surface area contributed by atoms with E-state index < -0.39 is 0 Å². The minimum absolute atomic E-state index is 0.0143. The van der Waals surface area contributed by atoms with Gasteiger partial charge in [0.2, 0.25) is 11.8 Å². The number of nitrogens with zero attached hydrogens (tertiary/aromatic N) is 3. The molecule has 1 aromatic heterocycles. The number of pyridine rings is 1. The average Bonchev–Trinajstić information content (AvgIpc) is 2.49. The number of carbonyl (C=O) groups is 1. The van der Waals surface area contributed by atoms with Crippen molar-refractivity contribution >= 4 is 11.9 Å². The van der Waals surface area contributed by atoms with Gasteiger partial charge in [-0.05, 0) is 13.0 Å². The minimum atomic E-state index is -0.0143. The number of ether oxygens (including phenoxy) is 1. The monoisotopic (exact) mass is 293 g/mol. The molecule has 0 radical (unpaired) electrons. The maximum atomic E-state index is 11.6. The second-order valence-electron chi connectivity index (χ2n) is 4.51. The summed E-state index contributed by atoms with van der Waals surface area (Å²) in [5.41, 5.74) is 0.885. The molecule has 1 heterocycles. The number of hydrogen-bond donors (Lipinski definition) is 2. The first kappa shape index (κ1) is 16.7. The highest BCUT2D eigenvalue weighted by Gasteiger charge is 2.06. The zero-order valence-electron chi connectivity index (χ0n) is 13.0. The van der Waals surface area contributed by atoms with E-state index in [0.717, 1.165) is 5.56 Å². The summed E-state index contributed by atoms with van der Waals surface area (Å²) in [6.45, 7) is 3.30. The molecule has 1 amide bonds. The van der Waals surface area contributed by atoms with Crippen molar-refractivity contribution in [2.45, 2.75) is 13.5 Å². The number of amides is 1. The zero-order valence-corrected chi connectivity index (χ0v) is 13.0. The fourth-order valence-corrected chi connectivity index (χ4v) is 1.55. The molecule has 0 aliphatic rings. The molecule has 21 heavy (non-hydrogen) atoms. The molecule has 0 saturated carbocycles. The summed E-state index contributed by atoms with van der Waals surface area (Å²) in [4.78, 5) is 21.7. The van der Waals surface area contributed by atoms with Gasteiger partial charge in [-0.1, -0.05) is 6.07 Å². The molecule has 0 fully saturated rings. The van der Waals surface area contributed by atoms with Gasteiger partial charge in [0.15, 0.2) is 5.96 Å². The third-order valence-corrected chi connectivity index (χ3v) is 2.70. The maximum absolute atomic E-state index is 11.6. The van der Waals surface area contributed by atoms with Crippen molar-refractivity contribution in [3.63, 3.8) is 0 Å². The fraction of sp³-hybridized carbons (Fsp3) is 0.500. The van der Waals surface area contributed by atoms with Crippen LogP contribution in [0.3, 0.4) is 0 Å². The van der Waals surface area contributed by atoms with E-state index in [4.69, 9.17) is 4.74 Å². The first-order valence-corrected chi connectivity index (χ1v) is 6.78. The maximum Gasteiger partial charge on any atom is 0.241 e. The van der Waals surface area contributed by atoms with E-state index in [1.54, 1.807) is 27.4 Å². The molecule has 116 valence electrons. The van der Waals surface area contributed by atoms with E-state index in [2.05, 4.69) is 20.6 Å². The number of hydrogen-bond acceptors (Lipinski definition) is 4. The number of methoxy groups -OCH3 is 1. The lowest BCUT2D eigenvalue weighted by atomic mass is 10.3. The van der Waals surface area contributed by atoms with E-state index in [0.29, 0.717) is 24.9 Å². The van der Waals surface area contributed by atoms with Gasteiger partial charge < -0.3 is 20.3 Å². The summed E-state index contributed by atoms with van der Waals surface area (Å²) in [5.74, 6) is 1.12. The molecule has 0 saturated heterocycles. The summed E-state index contributed by atoms with van der Waals surface area (Å²) in [5, 5.41) is 6.09. The second kappa shape index (κ2) is 8.78. The van der Waals surface area contributed by atoms with Crippen molar-refractivity contribution in [3.05, 3.63) is 23.9 Å². The molecule has 7 heteroatoms. The number of carbonyl (C=O) groups excluding carboxylic acids is 1. The molecule has 0 aromatic carbocycles. The molecule has 1 rings (SSSR count). The van der Waals surface area contributed by atoms with Gasteiger partial charge in [-0.3, -0.25) is 4.79 Å². The highest BCUT2D eigenvalue weighted by Crippen LogP contribution is 2.14. The first-order valence-electron chi connectivity index (χ1n) is 6.78. The molecule has 7 nitrogen and oxygen atoms in total. The van der Waals surface area contributed by atoms with Gasteiger partial charge in [-0.25, -0.2) is 9.98 Å². The van der Waals surface area contributed by atoms with Gasteiger partial charge in [0.05, 0.1) is 20.2 Å². The molecule has 0 atom stereocenters. The Kier molecular flexibility index (Phi) is 7.00. The quantitative estimate of drug-likeness (QED) is 0.580. The third kappa shape index (κ3) is 5.68. The van der Waals surface area contributed by atoms with Crippen LogP contribution >= 0.6 is 0 Å². The summed E-state index contributed by atoms with van der Waals surface area (Å²) in [7, 11) is 5.01. The third-order valence-electron chi connectivity index (χ3n) is 2.70. The Morgan fingerprint density at radius 1 is 1.43 bits per heavy atom. The molecule has 2 N–H and O–H groups in total. The summed E-state index contributed by atoms with van der Waals surface area (Å²) >= 11 is 0. The van der Waals surface area contributed by atoms with Gasteiger partial charge in [-0.2, -0.15) is 0 Å². The van der Waals surface area contributed by atoms with E-state index in [-0.39, 0.29) is 12.5 Å². The van der Waals surface area contributed by atoms with Gasteiger partial charge in [-0.15, -0.1) is 0 Å². The van der Waals surface area contributed by atoms with Crippen LogP contribution in [0.25, 0.3) is 0 Å². The smallest absolute Gasteiger partial charge is 0.241 e. The largest absolute Gasteiger partial charge is 0.481 e. The fourth-order valence-electron chi connectivity index (χ4n) is 1.55. The van der Waals surface area contributed by atoms with Crippen LogP contribution in [0, 0.1) is 0 Å². The van der Waals surface area contributed by atoms with Crippen LogP contribution in [0.1, 0.15) is 12.5 Å². The van der Waals surface area contributed by atoms with Crippen molar-refractivity contribution in [2.75, 3.05) is 34.3 Å². The normalized spacial score (nSPS) is 11.0. The number of nitrogens with one attached hydrogen (secondary N) is 2. The first-order chi connectivity index (χ1) is 10.1. The summed E-state index contributed by atoms with van der Waals surface area (Å²) in [6, 6.07) is 3.74. The molecule has 0 spiro atoms. The van der Waals surface area contributed by atoms with Crippen LogP contribution in [0.5, 0.6) is 5.88 Å². The average molecular weight is 293 g/mol. The van der Waals surface area contributed by atoms with Crippen LogP contribution in [0.2, 0.25) is 0 Å². The molecule has 0 aliphatic carbocycles. The predicted molar refractivity (Wildman–Crippen MR) is 82.3 cm³/mol. The number of aliphatic imine (C=N–C) groups is 1. The predicted octanol–water partition coefficient (Wildman–Crippen LogP) is 0.234. The zero-order chi connectivity index (χ0) is 15.7. The molecular weight excluding hydrogens is 270 g/mol. The molecule has 0 unspecified atom stereocenters. The van der Waals surface area contributed by atoms with Crippen molar-refractivity contribution in [1.29, 1.82) is 0 Å². The van der Waals surface area contributed by atoms with Gasteiger partial charge in [0.25, 0.3) is 0 Å². The SMILES string of the molecule is CCNC(=NCc1cccnc1OC)NCC(=O)N(C)C. The van der Waals surface area contributed by atoms with E-state index in [1.807, 2.05) is 19.1 Å². The molecule has 0 bridgehead atoms. The van der Waals surface area contributed by atoms with Crippen molar-refractivity contribution in [2.24, 2.45) is 4.99 Å². The lowest BCUT2D eigenvalue weighted by Gasteiger charge is -2.14. The molecule has 0 aliphatic heterocycles. The highest BCUT2D eigenvalue weighted by atomic mass is 16.5. The van der Waals surface area contributed by atoms with Gasteiger partial charge in [0.1, 0.15) is 0 Å². The van der Waals surface area contributed by atoms with Crippen molar-refractivity contribution in [3.8, 4) is 5.88 Å². The van der Waals surface area contributed by atoms with E-state index >= 15 is 0 Å². The number of likely N-dealkylation sites (N-methyl/N-ethyl adjacent to an activating group) is 1. The van der Waals surface area contributed by atoms with Crippen LogP contribution in [0.4, 0.5) is 0 Å². The second-order valence-corrected chi connectivity index (χ2v) is 4.51. The highest BCUT2D eigenvalue weighted by molar-refractivity contribution is 5.86. The summed E-state index contributed by atoms with van der Waals surface area (Å²) < 4.78 is 5.19. The van der Waals surface area contributed by atoms with Gasteiger partial charge >= 0.3 is 0 Å². The van der Waals surface area contributed by atoms with Crippen LogP contribution in [-0.2, 0) is 11.3 Å². The van der Waals surface area contributed by atoms with E-state index in [1.165, 1.54) is 4.90 Å². The van der Waals surface area contributed by atoms with Crippen molar-refractivity contribution in [1.82, 2.24) is 20.5 Å². The Labute approximate surface area is 125 Å². The minimum Gasteiger partial charge on any atom is -0.481 e. The van der Waals surface area contributed by atoms with Crippen molar-refractivity contribution < 1.29 is 9.53 Å². The Morgan fingerprint density at radius 2 is 2.19 bits per heavy atom. The van der Waals surface area contributed by atoms with Gasteiger partial charge in [0, 0.05) is 32.4 Å². The number of rotatable bonds is 6. The Hall–Kier alpha value is -2.31. The standard InChI is InChI=1S/C14H23N5O2/c1-5-15-14(18-10-12(20)19(2)3)17-9-11-7-6-8-16-13(11)21-4/h6-8H,5,9-10H2,1-4H3,(H2,15,17,18). The lowest BCUT2D eigenvalue weighted by Crippen LogP contribution is -2.42. The molecule has 1 aromatic rings. The van der Waals surface area contributed by atoms with Crippen LogP contribution < -0.4 is 15.4 Å². The Balaban J connectivity index is 2.69. The Bertz CT molecular complexity index is 488. The van der Waals surface area contributed by atoms with Crippen LogP contribution in [0.15, 0.2) is 23.3 Å². The molecular formula is C14H23N5O2. The number of guanidine groups is 1. The van der Waals surface area contributed by atoms with E-state index in [9.17, 15) is 4.79 Å². The Morgan fingerprint density at radius 3 is 2.81 bits per heavy atom.